The second kappa shape index (κ2) is 25.7. The van der Waals surface area contributed by atoms with Gasteiger partial charge in [0, 0.05) is 0 Å². The molecule has 0 atom stereocenters. The van der Waals surface area contributed by atoms with Crippen LogP contribution in [0.15, 0.2) is 23.6 Å². The first-order valence-electron chi connectivity index (χ1n) is 13.7. The van der Waals surface area contributed by atoms with Crippen molar-refractivity contribution in [3.63, 3.8) is 0 Å². The van der Waals surface area contributed by atoms with Crippen LogP contribution in [0.2, 0.25) is 6.04 Å². The summed E-state index contributed by atoms with van der Waals surface area (Å²) in [5.41, 5.74) is 5.32. The minimum absolute atomic E-state index is 0.795. The molecule has 1 heteroatoms. The molecule has 0 N–H and O–H groups in total. The Labute approximate surface area is 187 Å². The summed E-state index contributed by atoms with van der Waals surface area (Å²) in [4.78, 5) is 0. The molecule has 29 heavy (non-hydrogen) atoms. The SMILES string of the molecule is CCCCCCCC=C[SiH](C=CCCCCCCC)CCCCCCCCCC. The van der Waals surface area contributed by atoms with E-state index in [1.807, 2.05) is 0 Å². The maximum Gasteiger partial charge on any atom is 0.0844 e. The third-order valence-corrected chi connectivity index (χ3v) is 8.71. The van der Waals surface area contributed by atoms with Crippen LogP contribution in [-0.2, 0) is 0 Å². The molecule has 0 aromatic carbocycles. The molecule has 0 unspecified atom stereocenters. The average Bonchev–Trinajstić information content (AvgIpc) is 2.73. The van der Waals surface area contributed by atoms with Gasteiger partial charge < -0.3 is 0 Å². The van der Waals surface area contributed by atoms with Crippen molar-refractivity contribution in [1.29, 1.82) is 0 Å². The van der Waals surface area contributed by atoms with Crippen molar-refractivity contribution in [3.8, 4) is 0 Å². The summed E-state index contributed by atoms with van der Waals surface area (Å²) >= 11 is 0. The first-order valence-corrected chi connectivity index (χ1v) is 15.8. The van der Waals surface area contributed by atoms with Crippen LogP contribution in [0.5, 0.6) is 0 Å². The van der Waals surface area contributed by atoms with E-state index in [0.717, 1.165) is 0 Å². The van der Waals surface area contributed by atoms with E-state index < -0.39 is 8.80 Å². The summed E-state index contributed by atoms with van der Waals surface area (Å²) in [7, 11) is -0.795. The van der Waals surface area contributed by atoms with Gasteiger partial charge >= 0.3 is 0 Å². The summed E-state index contributed by atoms with van der Waals surface area (Å²) in [6.45, 7) is 6.91. The van der Waals surface area contributed by atoms with Gasteiger partial charge in [-0.15, -0.1) is 0 Å². The van der Waals surface area contributed by atoms with E-state index in [9.17, 15) is 0 Å². The molecule has 0 aliphatic carbocycles. The summed E-state index contributed by atoms with van der Waals surface area (Å²) in [5.74, 6) is 0. The van der Waals surface area contributed by atoms with Crippen LogP contribution >= 0.6 is 0 Å². The number of unbranched alkanes of at least 4 members (excludes halogenated alkanes) is 17. The Hall–Kier alpha value is -0.303. The van der Waals surface area contributed by atoms with E-state index in [1.54, 1.807) is 0 Å². The van der Waals surface area contributed by atoms with Gasteiger partial charge in [0.25, 0.3) is 0 Å². The minimum atomic E-state index is -0.795. The monoisotopic (exact) mass is 420 g/mol. The smallest absolute Gasteiger partial charge is 0.0844 e. The third kappa shape index (κ3) is 23.8. The standard InChI is InChI=1S/C28H56Si/c1-4-7-10-13-16-19-22-25-28-29(26-23-20-17-14-11-8-5-2)27-24-21-18-15-12-9-6-3/h23-24,26-27,29H,4-22,25,28H2,1-3H3. The Bertz CT molecular complexity index is 320. The van der Waals surface area contributed by atoms with Crippen LogP contribution in [-0.4, -0.2) is 8.80 Å². The van der Waals surface area contributed by atoms with Gasteiger partial charge in [-0.2, -0.15) is 0 Å². The Morgan fingerprint density at radius 1 is 0.414 bits per heavy atom. The molecule has 0 nitrogen and oxygen atoms in total. The highest BCUT2D eigenvalue weighted by molar-refractivity contribution is 6.69. The van der Waals surface area contributed by atoms with Gasteiger partial charge in [-0.3, -0.25) is 0 Å². The zero-order valence-electron chi connectivity index (χ0n) is 20.7. The molecule has 0 saturated carbocycles. The van der Waals surface area contributed by atoms with Crippen molar-refractivity contribution in [2.75, 3.05) is 0 Å². The highest BCUT2D eigenvalue weighted by Crippen LogP contribution is 2.13. The lowest BCUT2D eigenvalue weighted by Crippen LogP contribution is -2.05. The van der Waals surface area contributed by atoms with E-state index in [-0.39, 0.29) is 0 Å². The quantitative estimate of drug-likeness (QED) is 0.114. The van der Waals surface area contributed by atoms with Gasteiger partial charge in [0.1, 0.15) is 0 Å². The van der Waals surface area contributed by atoms with E-state index in [0.29, 0.717) is 0 Å². The molecule has 0 bridgehead atoms. The van der Waals surface area contributed by atoms with E-state index >= 15 is 0 Å². The van der Waals surface area contributed by atoms with Gasteiger partial charge in [0.05, 0.1) is 8.80 Å². The molecule has 0 rings (SSSR count). The van der Waals surface area contributed by atoms with Gasteiger partial charge in [-0.05, 0) is 25.7 Å². The molecule has 0 radical (unpaired) electrons. The molecule has 0 fully saturated rings. The van der Waals surface area contributed by atoms with Crippen LogP contribution in [0.3, 0.4) is 0 Å². The number of allylic oxidation sites excluding steroid dienone is 2. The fourth-order valence-corrected chi connectivity index (χ4v) is 6.40. The summed E-state index contributed by atoms with van der Waals surface area (Å²) in [6.07, 6.45) is 33.3. The molecule has 0 aliphatic rings. The number of hydrogen-bond acceptors (Lipinski definition) is 0. The maximum atomic E-state index is 2.66. The molecule has 0 amide bonds. The van der Waals surface area contributed by atoms with Crippen LogP contribution in [0.4, 0.5) is 0 Å². The van der Waals surface area contributed by atoms with Crippen molar-refractivity contribution in [1.82, 2.24) is 0 Å². The predicted octanol–water partition coefficient (Wildman–Crippen LogP) is 10.3. The number of hydrogen-bond donors (Lipinski definition) is 0. The Kier molecular flexibility index (Phi) is 25.5. The molecule has 0 spiro atoms. The van der Waals surface area contributed by atoms with Crippen molar-refractivity contribution in [2.45, 2.75) is 155 Å². The topological polar surface area (TPSA) is 0 Å². The van der Waals surface area contributed by atoms with Crippen LogP contribution < -0.4 is 0 Å². The normalized spacial score (nSPS) is 13.1. The van der Waals surface area contributed by atoms with Gasteiger partial charge in [0.15, 0.2) is 0 Å². The summed E-state index contributed by atoms with van der Waals surface area (Å²) in [6, 6.07) is 1.49. The molecule has 0 aromatic rings. The van der Waals surface area contributed by atoms with Crippen molar-refractivity contribution < 1.29 is 0 Å². The Morgan fingerprint density at radius 2 is 0.759 bits per heavy atom. The van der Waals surface area contributed by atoms with Gasteiger partial charge in [0.2, 0.25) is 0 Å². The lowest BCUT2D eigenvalue weighted by molar-refractivity contribution is 0.584. The second-order valence-electron chi connectivity index (χ2n) is 9.19. The van der Waals surface area contributed by atoms with Crippen LogP contribution in [0.1, 0.15) is 149 Å². The summed E-state index contributed by atoms with van der Waals surface area (Å²) in [5, 5.41) is 0. The molecular weight excluding hydrogens is 364 g/mol. The Morgan fingerprint density at radius 3 is 1.17 bits per heavy atom. The van der Waals surface area contributed by atoms with Gasteiger partial charge in [-0.1, -0.05) is 153 Å². The molecule has 0 saturated heterocycles. The lowest BCUT2D eigenvalue weighted by Gasteiger charge is -2.07. The van der Waals surface area contributed by atoms with Crippen molar-refractivity contribution in [2.24, 2.45) is 0 Å². The van der Waals surface area contributed by atoms with Crippen molar-refractivity contribution in [3.05, 3.63) is 23.6 Å². The van der Waals surface area contributed by atoms with Crippen LogP contribution in [0.25, 0.3) is 0 Å². The van der Waals surface area contributed by atoms with Crippen LogP contribution in [0, 0.1) is 0 Å². The van der Waals surface area contributed by atoms with Gasteiger partial charge in [-0.25, -0.2) is 0 Å². The summed E-state index contributed by atoms with van der Waals surface area (Å²) < 4.78 is 0. The van der Waals surface area contributed by atoms with Crippen molar-refractivity contribution >= 4 is 8.80 Å². The highest BCUT2D eigenvalue weighted by Gasteiger charge is 2.02. The molecule has 0 aliphatic heterocycles. The highest BCUT2D eigenvalue weighted by atomic mass is 28.3. The number of rotatable bonds is 23. The minimum Gasteiger partial charge on any atom is -0.0974 e. The zero-order chi connectivity index (χ0) is 21.3. The molecule has 0 heterocycles. The first kappa shape index (κ1) is 28.7. The largest absolute Gasteiger partial charge is 0.0974 e. The third-order valence-electron chi connectivity index (χ3n) is 6.11. The first-order chi connectivity index (χ1) is 14.3. The maximum absolute atomic E-state index is 2.66. The fraction of sp³-hybridized carbons (Fsp3) is 0.857. The molecule has 172 valence electrons. The molecular formula is C28H56Si. The lowest BCUT2D eigenvalue weighted by atomic mass is 10.1. The zero-order valence-corrected chi connectivity index (χ0v) is 21.9. The second-order valence-corrected chi connectivity index (χ2v) is 11.9. The predicted molar refractivity (Wildman–Crippen MR) is 140 cm³/mol. The fourth-order valence-electron chi connectivity index (χ4n) is 4.04. The van der Waals surface area contributed by atoms with E-state index in [4.69, 9.17) is 0 Å². The molecule has 0 aromatic heterocycles. The van der Waals surface area contributed by atoms with E-state index in [2.05, 4.69) is 44.3 Å². The Balaban J connectivity index is 4.03. The average molecular weight is 421 g/mol. The van der Waals surface area contributed by atoms with E-state index in [1.165, 1.54) is 134 Å².